The van der Waals surface area contributed by atoms with Gasteiger partial charge in [-0.15, -0.1) is 0 Å². The molecule has 1 saturated carbocycles. The molecule has 1 saturated heterocycles. The van der Waals surface area contributed by atoms with E-state index in [1.807, 2.05) is 30.3 Å². The number of amides is 1. The molecule has 0 spiro atoms. The highest BCUT2D eigenvalue weighted by atomic mass is 16.3. The van der Waals surface area contributed by atoms with Gasteiger partial charge in [-0.05, 0) is 31.7 Å². The van der Waals surface area contributed by atoms with E-state index in [2.05, 4.69) is 9.97 Å². The number of aliphatic hydroxyl groups is 1. The molecule has 142 valence electrons. The summed E-state index contributed by atoms with van der Waals surface area (Å²) in [5, 5.41) is 11.6. The second kappa shape index (κ2) is 6.93. The summed E-state index contributed by atoms with van der Waals surface area (Å²) in [4.78, 5) is 33.8. The summed E-state index contributed by atoms with van der Waals surface area (Å²) in [7, 11) is 0. The van der Waals surface area contributed by atoms with Gasteiger partial charge < -0.3 is 15.0 Å². The molecule has 1 aromatic carbocycles. The average molecular weight is 367 g/mol. The van der Waals surface area contributed by atoms with Crippen molar-refractivity contribution in [1.82, 2.24) is 14.9 Å². The van der Waals surface area contributed by atoms with Gasteiger partial charge in [-0.3, -0.25) is 9.59 Å². The number of aromatic nitrogens is 2. The summed E-state index contributed by atoms with van der Waals surface area (Å²) < 4.78 is 0. The Balaban J connectivity index is 1.67. The zero-order valence-electron chi connectivity index (χ0n) is 15.5. The zero-order valence-corrected chi connectivity index (χ0v) is 15.5. The fraction of sp³-hybridized carbons (Fsp3) is 0.476. The Labute approximate surface area is 158 Å². The average Bonchev–Trinajstić information content (AvgIpc) is 2.69. The number of benzene rings is 1. The third-order valence-corrected chi connectivity index (χ3v) is 6.17. The Morgan fingerprint density at radius 1 is 1.26 bits per heavy atom. The molecular formula is C21H25N3O3. The second-order valence-electron chi connectivity index (χ2n) is 7.71. The van der Waals surface area contributed by atoms with E-state index >= 15 is 0 Å². The topological polar surface area (TPSA) is 86.3 Å². The SMILES string of the molecule is Cc1ncc(C(=O)N2CC[C@](O)(c3ccccc3)[C@@H]3CCCC[C@@H]32)c(=O)[nH]1. The highest BCUT2D eigenvalue weighted by Gasteiger charge is 2.50. The number of carbonyl (C=O) groups is 1. The highest BCUT2D eigenvalue weighted by molar-refractivity contribution is 5.93. The molecule has 2 aliphatic rings. The first-order chi connectivity index (χ1) is 13.0. The van der Waals surface area contributed by atoms with Crippen LogP contribution in [0.25, 0.3) is 0 Å². The van der Waals surface area contributed by atoms with Crippen LogP contribution in [0.15, 0.2) is 41.3 Å². The number of nitrogens with one attached hydrogen (secondary N) is 1. The predicted octanol–water partition coefficient (Wildman–Crippen LogP) is 2.37. The lowest BCUT2D eigenvalue weighted by Crippen LogP contribution is -2.59. The molecule has 1 aliphatic heterocycles. The van der Waals surface area contributed by atoms with Gasteiger partial charge in [0.25, 0.3) is 11.5 Å². The molecule has 2 fully saturated rings. The summed E-state index contributed by atoms with van der Waals surface area (Å²) in [6, 6.07) is 9.71. The van der Waals surface area contributed by atoms with Crippen molar-refractivity contribution in [2.75, 3.05) is 6.54 Å². The number of hydrogen-bond donors (Lipinski definition) is 2. The van der Waals surface area contributed by atoms with Crippen molar-refractivity contribution in [3.8, 4) is 0 Å². The molecule has 6 nitrogen and oxygen atoms in total. The molecule has 6 heteroatoms. The van der Waals surface area contributed by atoms with E-state index in [-0.39, 0.29) is 23.4 Å². The highest BCUT2D eigenvalue weighted by Crippen LogP contribution is 2.47. The quantitative estimate of drug-likeness (QED) is 0.853. The summed E-state index contributed by atoms with van der Waals surface area (Å²) in [5.74, 6) is 0.184. The van der Waals surface area contributed by atoms with Crippen LogP contribution in [0.4, 0.5) is 0 Å². The lowest BCUT2D eigenvalue weighted by molar-refractivity contribution is -0.110. The molecule has 2 aromatic rings. The minimum absolute atomic E-state index is 0.0242. The molecule has 1 aromatic heterocycles. The van der Waals surface area contributed by atoms with Crippen LogP contribution in [-0.4, -0.2) is 38.5 Å². The molecule has 4 rings (SSSR count). The maximum atomic E-state index is 13.1. The van der Waals surface area contributed by atoms with Gasteiger partial charge in [0.2, 0.25) is 0 Å². The van der Waals surface area contributed by atoms with Crippen LogP contribution < -0.4 is 5.56 Å². The van der Waals surface area contributed by atoms with Crippen LogP contribution >= 0.6 is 0 Å². The van der Waals surface area contributed by atoms with Crippen molar-refractivity contribution in [2.24, 2.45) is 5.92 Å². The molecule has 27 heavy (non-hydrogen) atoms. The van der Waals surface area contributed by atoms with Gasteiger partial charge in [0.15, 0.2) is 0 Å². The summed E-state index contributed by atoms with van der Waals surface area (Å²) >= 11 is 0. The molecule has 0 unspecified atom stereocenters. The number of likely N-dealkylation sites (tertiary alicyclic amines) is 1. The van der Waals surface area contributed by atoms with Crippen molar-refractivity contribution < 1.29 is 9.90 Å². The van der Waals surface area contributed by atoms with Gasteiger partial charge in [-0.1, -0.05) is 43.2 Å². The minimum Gasteiger partial charge on any atom is -0.385 e. The number of rotatable bonds is 2. The van der Waals surface area contributed by atoms with E-state index in [9.17, 15) is 14.7 Å². The van der Waals surface area contributed by atoms with Crippen molar-refractivity contribution in [1.29, 1.82) is 0 Å². The molecular weight excluding hydrogens is 342 g/mol. The van der Waals surface area contributed by atoms with Crippen LogP contribution in [0.3, 0.4) is 0 Å². The number of aromatic amines is 1. The standard InChI is InChI=1S/C21H25N3O3/c1-14-22-13-16(19(25)23-14)20(26)24-12-11-21(27,15-7-3-2-4-8-15)17-9-5-6-10-18(17)24/h2-4,7-8,13,17-18,27H,5-6,9-12H2,1H3,(H,22,23,25)/t17-,18+,21+/m1/s1. The molecule has 0 radical (unpaired) electrons. The van der Waals surface area contributed by atoms with Crippen LogP contribution in [0, 0.1) is 12.8 Å². The van der Waals surface area contributed by atoms with E-state index in [0.717, 1.165) is 31.2 Å². The van der Waals surface area contributed by atoms with Gasteiger partial charge in [-0.2, -0.15) is 0 Å². The first kappa shape index (κ1) is 17.9. The minimum atomic E-state index is -0.929. The maximum Gasteiger partial charge on any atom is 0.263 e. The Kier molecular flexibility index (Phi) is 4.60. The molecule has 3 atom stereocenters. The first-order valence-corrected chi connectivity index (χ1v) is 9.65. The van der Waals surface area contributed by atoms with Gasteiger partial charge in [0, 0.05) is 24.7 Å². The molecule has 0 bridgehead atoms. The lowest BCUT2D eigenvalue weighted by Gasteiger charge is -2.52. The number of carbonyl (C=O) groups excluding carboxylic acids is 1. The number of hydrogen-bond acceptors (Lipinski definition) is 4. The van der Waals surface area contributed by atoms with Crippen LogP contribution in [0.1, 0.15) is 53.8 Å². The fourth-order valence-electron chi connectivity index (χ4n) is 4.81. The predicted molar refractivity (Wildman–Crippen MR) is 101 cm³/mol. The third-order valence-electron chi connectivity index (χ3n) is 6.17. The largest absolute Gasteiger partial charge is 0.385 e. The van der Waals surface area contributed by atoms with Gasteiger partial charge >= 0.3 is 0 Å². The van der Waals surface area contributed by atoms with E-state index < -0.39 is 11.2 Å². The smallest absolute Gasteiger partial charge is 0.263 e. The Morgan fingerprint density at radius 2 is 2.00 bits per heavy atom. The van der Waals surface area contributed by atoms with E-state index in [4.69, 9.17) is 0 Å². The van der Waals surface area contributed by atoms with Crippen LogP contribution in [0.5, 0.6) is 0 Å². The number of piperidine rings is 1. The number of fused-ring (bicyclic) bond motifs is 1. The Hall–Kier alpha value is -2.47. The Bertz CT molecular complexity index is 895. The fourth-order valence-corrected chi connectivity index (χ4v) is 4.81. The monoisotopic (exact) mass is 367 g/mol. The molecule has 1 aliphatic carbocycles. The summed E-state index contributed by atoms with van der Waals surface area (Å²) in [6.07, 6.45) is 5.64. The van der Waals surface area contributed by atoms with Crippen LogP contribution in [-0.2, 0) is 5.60 Å². The molecule has 2 N–H and O–H groups in total. The van der Waals surface area contributed by atoms with Crippen molar-refractivity contribution in [3.05, 3.63) is 63.8 Å². The van der Waals surface area contributed by atoms with E-state index in [0.29, 0.717) is 18.8 Å². The summed E-state index contributed by atoms with van der Waals surface area (Å²) in [6.45, 7) is 2.12. The maximum absolute atomic E-state index is 13.1. The van der Waals surface area contributed by atoms with Crippen molar-refractivity contribution >= 4 is 5.91 Å². The number of aryl methyl sites for hydroxylation is 1. The van der Waals surface area contributed by atoms with Crippen molar-refractivity contribution in [3.63, 3.8) is 0 Å². The van der Waals surface area contributed by atoms with Crippen LogP contribution in [0.2, 0.25) is 0 Å². The first-order valence-electron chi connectivity index (χ1n) is 9.65. The normalized spacial score (nSPS) is 27.9. The Morgan fingerprint density at radius 3 is 2.74 bits per heavy atom. The zero-order chi connectivity index (χ0) is 19.0. The summed E-state index contributed by atoms with van der Waals surface area (Å²) in [5.41, 5.74) is -0.330. The van der Waals surface area contributed by atoms with Gasteiger partial charge in [-0.25, -0.2) is 4.98 Å². The molecule has 1 amide bonds. The van der Waals surface area contributed by atoms with E-state index in [1.165, 1.54) is 6.20 Å². The van der Waals surface area contributed by atoms with Gasteiger partial charge in [0.05, 0.1) is 5.60 Å². The third kappa shape index (κ3) is 3.08. The number of H-pyrrole nitrogens is 1. The lowest BCUT2D eigenvalue weighted by atomic mass is 9.66. The second-order valence-corrected chi connectivity index (χ2v) is 7.71. The van der Waals surface area contributed by atoms with Crippen molar-refractivity contribution in [2.45, 2.75) is 50.7 Å². The molecule has 2 heterocycles. The van der Waals surface area contributed by atoms with Gasteiger partial charge in [0.1, 0.15) is 11.4 Å². The van der Waals surface area contributed by atoms with E-state index in [1.54, 1.807) is 11.8 Å². The number of nitrogens with zero attached hydrogens (tertiary/aromatic N) is 2.